The minimum Gasteiger partial charge on any atom is -0.338 e. The van der Waals surface area contributed by atoms with Crippen molar-refractivity contribution in [2.75, 3.05) is 43.4 Å². The fraction of sp³-hybridized carbons (Fsp3) is 0.389. The molecule has 1 aromatic carbocycles. The first-order valence-corrected chi connectivity index (χ1v) is 8.68. The SMILES string of the molecule is Cc1ccc([N+](=O)[O-])cc1NC(=O)c1cnc(N2CCN(C)CC2)nc1C. The van der Waals surface area contributed by atoms with Gasteiger partial charge in [0.1, 0.15) is 0 Å². The van der Waals surface area contributed by atoms with Crippen molar-refractivity contribution < 1.29 is 9.72 Å². The smallest absolute Gasteiger partial charge is 0.271 e. The fourth-order valence-electron chi connectivity index (χ4n) is 2.88. The summed E-state index contributed by atoms with van der Waals surface area (Å²) in [5, 5.41) is 13.7. The number of rotatable bonds is 4. The van der Waals surface area contributed by atoms with E-state index in [4.69, 9.17) is 0 Å². The van der Waals surface area contributed by atoms with Gasteiger partial charge >= 0.3 is 0 Å². The van der Waals surface area contributed by atoms with Crippen molar-refractivity contribution in [3.8, 4) is 0 Å². The molecule has 142 valence electrons. The molecule has 2 heterocycles. The lowest BCUT2D eigenvalue weighted by Gasteiger charge is -2.32. The highest BCUT2D eigenvalue weighted by Crippen LogP contribution is 2.23. The van der Waals surface area contributed by atoms with E-state index in [-0.39, 0.29) is 11.6 Å². The number of aryl methyl sites for hydroxylation is 2. The van der Waals surface area contributed by atoms with Crippen LogP contribution in [-0.2, 0) is 0 Å². The number of hydrogen-bond acceptors (Lipinski definition) is 7. The summed E-state index contributed by atoms with van der Waals surface area (Å²) in [5.41, 5.74) is 1.98. The van der Waals surface area contributed by atoms with Gasteiger partial charge in [0, 0.05) is 44.5 Å². The summed E-state index contributed by atoms with van der Waals surface area (Å²) in [5.74, 6) is 0.227. The number of aromatic nitrogens is 2. The van der Waals surface area contributed by atoms with Crippen LogP contribution in [0.5, 0.6) is 0 Å². The lowest BCUT2D eigenvalue weighted by molar-refractivity contribution is -0.384. The van der Waals surface area contributed by atoms with Crippen LogP contribution in [-0.4, -0.2) is 58.9 Å². The van der Waals surface area contributed by atoms with Gasteiger partial charge in [-0.2, -0.15) is 0 Å². The molecule has 1 fully saturated rings. The number of carbonyl (C=O) groups excluding carboxylic acids is 1. The molecular weight excluding hydrogens is 348 g/mol. The highest BCUT2D eigenvalue weighted by Gasteiger charge is 2.19. The average Bonchev–Trinajstić information content (AvgIpc) is 2.63. The minimum absolute atomic E-state index is 0.0747. The Morgan fingerprint density at radius 2 is 1.93 bits per heavy atom. The van der Waals surface area contributed by atoms with Gasteiger partial charge in [0.2, 0.25) is 5.95 Å². The normalized spacial score (nSPS) is 14.9. The number of nitrogens with zero attached hydrogens (tertiary/aromatic N) is 5. The van der Waals surface area contributed by atoms with E-state index in [1.54, 1.807) is 19.9 Å². The largest absolute Gasteiger partial charge is 0.338 e. The van der Waals surface area contributed by atoms with Gasteiger partial charge in [-0.25, -0.2) is 9.97 Å². The second kappa shape index (κ2) is 7.67. The van der Waals surface area contributed by atoms with Crippen LogP contribution in [0.4, 0.5) is 17.3 Å². The fourth-order valence-corrected chi connectivity index (χ4v) is 2.88. The van der Waals surface area contributed by atoms with Crippen molar-refractivity contribution in [1.82, 2.24) is 14.9 Å². The van der Waals surface area contributed by atoms with Crippen molar-refractivity contribution in [2.45, 2.75) is 13.8 Å². The summed E-state index contributed by atoms with van der Waals surface area (Å²) in [6.07, 6.45) is 1.51. The Morgan fingerprint density at radius 3 is 2.56 bits per heavy atom. The van der Waals surface area contributed by atoms with Gasteiger partial charge in [-0.1, -0.05) is 6.07 Å². The standard InChI is InChI=1S/C18H22N6O3/c1-12-4-5-14(24(26)27)10-16(12)21-17(25)15-11-19-18(20-13(15)2)23-8-6-22(3)7-9-23/h4-5,10-11H,6-9H2,1-3H3,(H,21,25). The highest BCUT2D eigenvalue weighted by molar-refractivity contribution is 6.05. The highest BCUT2D eigenvalue weighted by atomic mass is 16.6. The van der Waals surface area contributed by atoms with Crippen LogP contribution in [0.3, 0.4) is 0 Å². The van der Waals surface area contributed by atoms with Gasteiger partial charge in [0.25, 0.3) is 11.6 Å². The maximum atomic E-state index is 12.6. The van der Waals surface area contributed by atoms with Crippen molar-refractivity contribution in [2.24, 2.45) is 0 Å². The van der Waals surface area contributed by atoms with Crippen LogP contribution in [0.15, 0.2) is 24.4 Å². The lowest BCUT2D eigenvalue weighted by atomic mass is 10.1. The number of nitrogens with one attached hydrogen (secondary N) is 1. The number of piperazine rings is 1. The number of carbonyl (C=O) groups is 1. The minimum atomic E-state index is -0.492. The van der Waals surface area contributed by atoms with Crippen LogP contribution in [0.2, 0.25) is 0 Å². The number of benzene rings is 1. The molecule has 0 radical (unpaired) electrons. The molecule has 1 amide bonds. The predicted octanol–water partition coefficient (Wildman–Crippen LogP) is 2.01. The first-order chi connectivity index (χ1) is 12.8. The van der Waals surface area contributed by atoms with Gasteiger partial charge in [-0.3, -0.25) is 14.9 Å². The number of non-ortho nitro benzene ring substituents is 1. The first-order valence-electron chi connectivity index (χ1n) is 8.68. The van der Waals surface area contributed by atoms with E-state index >= 15 is 0 Å². The molecule has 1 N–H and O–H groups in total. The number of nitro groups is 1. The molecular formula is C18H22N6O3. The molecule has 1 aromatic heterocycles. The van der Waals surface area contributed by atoms with E-state index in [1.165, 1.54) is 18.3 Å². The van der Waals surface area contributed by atoms with E-state index in [0.29, 0.717) is 22.9 Å². The van der Waals surface area contributed by atoms with E-state index in [9.17, 15) is 14.9 Å². The quantitative estimate of drug-likeness (QED) is 0.648. The van der Waals surface area contributed by atoms with Crippen LogP contribution in [0, 0.1) is 24.0 Å². The summed E-state index contributed by atoms with van der Waals surface area (Å²) in [6.45, 7) is 7.10. The van der Waals surface area contributed by atoms with E-state index < -0.39 is 4.92 Å². The number of amides is 1. The maximum Gasteiger partial charge on any atom is 0.271 e. The molecule has 1 aliphatic rings. The topological polar surface area (TPSA) is 104 Å². The summed E-state index contributed by atoms with van der Waals surface area (Å²) >= 11 is 0. The number of hydrogen-bond donors (Lipinski definition) is 1. The summed E-state index contributed by atoms with van der Waals surface area (Å²) in [6, 6.07) is 4.36. The Hall–Kier alpha value is -3.07. The molecule has 9 heteroatoms. The molecule has 0 bridgehead atoms. The van der Waals surface area contributed by atoms with Crippen LogP contribution in [0.25, 0.3) is 0 Å². The molecule has 2 aromatic rings. The van der Waals surface area contributed by atoms with Gasteiger partial charge in [0.15, 0.2) is 0 Å². The zero-order valence-corrected chi connectivity index (χ0v) is 15.6. The Kier molecular flexibility index (Phi) is 5.31. The van der Waals surface area contributed by atoms with E-state index in [0.717, 1.165) is 31.7 Å². The Bertz CT molecular complexity index is 877. The van der Waals surface area contributed by atoms with E-state index in [2.05, 4.69) is 32.1 Å². The maximum absolute atomic E-state index is 12.6. The summed E-state index contributed by atoms with van der Waals surface area (Å²) < 4.78 is 0. The monoisotopic (exact) mass is 370 g/mol. The zero-order valence-electron chi connectivity index (χ0n) is 15.6. The molecule has 3 rings (SSSR count). The van der Waals surface area contributed by atoms with Crippen molar-refractivity contribution >= 4 is 23.2 Å². The molecule has 0 saturated carbocycles. The van der Waals surface area contributed by atoms with Crippen molar-refractivity contribution in [3.05, 3.63) is 51.3 Å². The molecule has 1 aliphatic heterocycles. The van der Waals surface area contributed by atoms with Crippen molar-refractivity contribution in [3.63, 3.8) is 0 Å². The van der Waals surface area contributed by atoms with Crippen LogP contribution >= 0.6 is 0 Å². The van der Waals surface area contributed by atoms with Gasteiger partial charge in [0.05, 0.1) is 21.9 Å². The Labute approximate surface area is 157 Å². The van der Waals surface area contributed by atoms with Gasteiger partial charge in [-0.05, 0) is 26.5 Å². The second-order valence-corrected chi connectivity index (χ2v) is 6.67. The van der Waals surface area contributed by atoms with Gasteiger partial charge in [-0.15, -0.1) is 0 Å². The molecule has 0 spiro atoms. The third-order valence-electron chi connectivity index (χ3n) is 4.68. The number of anilines is 2. The molecule has 0 aliphatic carbocycles. The third kappa shape index (κ3) is 4.20. The summed E-state index contributed by atoms with van der Waals surface area (Å²) in [7, 11) is 2.08. The molecule has 9 nitrogen and oxygen atoms in total. The van der Waals surface area contributed by atoms with E-state index in [1.807, 2.05) is 0 Å². The van der Waals surface area contributed by atoms with Crippen LogP contribution < -0.4 is 10.2 Å². The number of nitro benzene ring substituents is 1. The molecule has 1 saturated heterocycles. The Morgan fingerprint density at radius 1 is 1.22 bits per heavy atom. The van der Waals surface area contributed by atoms with Crippen LogP contribution in [0.1, 0.15) is 21.6 Å². The average molecular weight is 370 g/mol. The summed E-state index contributed by atoms with van der Waals surface area (Å²) in [4.78, 5) is 36.2. The molecule has 0 atom stereocenters. The second-order valence-electron chi connectivity index (χ2n) is 6.67. The first kappa shape index (κ1) is 18.7. The number of likely N-dealkylation sites (N-methyl/N-ethyl adjacent to an activating group) is 1. The molecule has 0 unspecified atom stereocenters. The predicted molar refractivity (Wildman–Crippen MR) is 102 cm³/mol. The lowest BCUT2D eigenvalue weighted by Crippen LogP contribution is -2.45. The van der Waals surface area contributed by atoms with Gasteiger partial charge < -0.3 is 15.1 Å². The zero-order chi connectivity index (χ0) is 19.6. The molecule has 27 heavy (non-hydrogen) atoms. The third-order valence-corrected chi connectivity index (χ3v) is 4.68. The Balaban J connectivity index is 1.77. The van der Waals surface area contributed by atoms with Crippen molar-refractivity contribution in [1.29, 1.82) is 0 Å².